The fraction of sp³-hybridized carbons (Fsp3) is 0.389. The van der Waals surface area contributed by atoms with Crippen molar-refractivity contribution in [3.8, 4) is 0 Å². The average Bonchev–Trinajstić information content (AvgIpc) is 3.00. The van der Waals surface area contributed by atoms with E-state index in [0.717, 1.165) is 44.3 Å². The molecule has 1 aromatic heterocycles. The van der Waals surface area contributed by atoms with Crippen molar-refractivity contribution >= 4 is 22.9 Å². The van der Waals surface area contributed by atoms with Crippen molar-refractivity contribution in [2.75, 3.05) is 18.8 Å². The molecular formula is C18H21FN2OS. The number of carbonyl (C=O) groups is 1. The lowest BCUT2D eigenvalue weighted by Gasteiger charge is -2.32. The van der Waals surface area contributed by atoms with Crippen LogP contribution in [0.15, 0.2) is 35.7 Å². The normalized spacial score (nSPS) is 18.1. The quantitative estimate of drug-likeness (QED) is 0.921. The summed E-state index contributed by atoms with van der Waals surface area (Å²) in [5.74, 6) is 0.323. The first-order chi connectivity index (χ1) is 11.1. The molecule has 1 amide bonds. The number of halogens is 1. The van der Waals surface area contributed by atoms with E-state index in [0.29, 0.717) is 16.5 Å². The second kappa shape index (κ2) is 7.13. The Morgan fingerprint density at radius 2 is 2.17 bits per heavy atom. The zero-order valence-corrected chi connectivity index (χ0v) is 13.8. The molecule has 23 heavy (non-hydrogen) atoms. The monoisotopic (exact) mass is 332 g/mol. The van der Waals surface area contributed by atoms with Crippen LogP contribution in [0.2, 0.25) is 0 Å². The minimum absolute atomic E-state index is 0.0353. The molecule has 1 aromatic carbocycles. The van der Waals surface area contributed by atoms with Crippen molar-refractivity contribution in [1.29, 1.82) is 0 Å². The molecule has 0 bridgehead atoms. The standard InChI is InChI=1S/C18H21FN2OS/c19-15-6-2-1-5-14(15)8-7-13-4-3-10-21(12-13)18(22)17-16(20)9-11-23-17/h1-2,5-6,9,11,13H,3-4,7-8,10,12,20H2/t13-/m1/s1. The second-order valence-electron chi connectivity index (χ2n) is 6.09. The van der Waals surface area contributed by atoms with Gasteiger partial charge in [0.05, 0.1) is 5.69 Å². The second-order valence-corrected chi connectivity index (χ2v) is 7.01. The van der Waals surface area contributed by atoms with E-state index in [1.165, 1.54) is 17.4 Å². The van der Waals surface area contributed by atoms with Crippen LogP contribution < -0.4 is 5.73 Å². The van der Waals surface area contributed by atoms with Gasteiger partial charge in [0, 0.05) is 13.1 Å². The van der Waals surface area contributed by atoms with Gasteiger partial charge in [-0.05, 0) is 54.7 Å². The third-order valence-corrected chi connectivity index (χ3v) is 5.39. The number of piperidine rings is 1. The molecule has 1 aliphatic heterocycles. The first kappa shape index (κ1) is 16.0. The number of aryl methyl sites for hydroxylation is 1. The largest absolute Gasteiger partial charge is 0.397 e. The molecule has 2 heterocycles. The Morgan fingerprint density at radius 3 is 2.91 bits per heavy atom. The summed E-state index contributed by atoms with van der Waals surface area (Å²) in [6, 6.07) is 8.70. The van der Waals surface area contributed by atoms with Crippen LogP contribution in [0.25, 0.3) is 0 Å². The predicted octanol–water partition coefficient (Wildman–Crippen LogP) is 3.95. The fourth-order valence-electron chi connectivity index (χ4n) is 3.18. The van der Waals surface area contributed by atoms with Crippen LogP contribution >= 0.6 is 11.3 Å². The highest BCUT2D eigenvalue weighted by Gasteiger charge is 2.26. The molecule has 3 nitrogen and oxygen atoms in total. The Hall–Kier alpha value is -1.88. The third-order valence-electron chi connectivity index (χ3n) is 4.48. The number of anilines is 1. The molecule has 0 saturated carbocycles. The molecule has 122 valence electrons. The number of hydrogen-bond acceptors (Lipinski definition) is 3. The molecule has 0 unspecified atom stereocenters. The third kappa shape index (κ3) is 3.72. The highest BCUT2D eigenvalue weighted by molar-refractivity contribution is 7.12. The maximum Gasteiger partial charge on any atom is 0.266 e. The van der Waals surface area contributed by atoms with E-state index in [-0.39, 0.29) is 11.7 Å². The van der Waals surface area contributed by atoms with Crippen molar-refractivity contribution < 1.29 is 9.18 Å². The topological polar surface area (TPSA) is 46.3 Å². The highest BCUT2D eigenvalue weighted by atomic mass is 32.1. The molecule has 3 rings (SSSR count). The van der Waals surface area contributed by atoms with Crippen molar-refractivity contribution in [3.05, 3.63) is 52.0 Å². The van der Waals surface area contributed by atoms with Crippen LogP contribution in [-0.4, -0.2) is 23.9 Å². The first-order valence-corrected chi connectivity index (χ1v) is 8.88. The molecular weight excluding hydrogens is 311 g/mol. The Bertz CT molecular complexity index is 685. The number of amides is 1. The van der Waals surface area contributed by atoms with Crippen LogP contribution in [0, 0.1) is 11.7 Å². The molecule has 1 fully saturated rings. The van der Waals surface area contributed by atoms with Crippen molar-refractivity contribution in [2.24, 2.45) is 5.92 Å². The van der Waals surface area contributed by atoms with Crippen LogP contribution in [0.3, 0.4) is 0 Å². The van der Waals surface area contributed by atoms with Crippen molar-refractivity contribution in [1.82, 2.24) is 4.90 Å². The zero-order valence-electron chi connectivity index (χ0n) is 13.0. The molecule has 5 heteroatoms. The lowest BCUT2D eigenvalue weighted by molar-refractivity contribution is 0.0674. The van der Waals surface area contributed by atoms with Gasteiger partial charge in [0.25, 0.3) is 5.91 Å². The van der Waals surface area contributed by atoms with E-state index in [1.54, 1.807) is 12.1 Å². The molecule has 1 atom stereocenters. The summed E-state index contributed by atoms with van der Waals surface area (Å²) in [5, 5.41) is 1.85. The Morgan fingerprint density at radius 1 is 1.35 bits per heavy atom. The van der Waals surface area contributed by atoms with Crippen LogP contribution in [0.5, 0.6) is 0 Å². The highest BCUT2D eigenvalue weighted by Crippen LogP contribution is 2.26. The first-order valence-electron chi connectivity index (χ1n) is 8.01. The molecule has 1 saturated heterocycles. The summed E-state index contributed by atoms with van der Waals surface area (Å²) in [6.07, 6.45) is 3.72. The van der Waals surface area contributed by atoms with Gasteiger partial charge in [-0.3, -0.25) is 4.79 Å². The maximum absolute atomic E-state index is 13.7. The summed E-state index contributed by atoms with van der Waals surface area (Å²) >= 11 is 1.40. The number of likely N-dealkylation sites (tertiary alicyclic amines) is 1. The number of nitrogens with zero attached hydrogens (tertiary/aromatic N) is 1. The maximum atomic E-state index is 13.7. The van der Waals surface area contributed by atoms with E-state index in [2.05, 4.69) is 0 Å². The van der Waals surface area contributed by atoms with Gasteiger partial charge in [-0.25, -0.2) is 4.39 Å². The summed E-state index contributed by atoms with van der Waals surface area (Å²) in [6.45, 7) is 1.52. The SMILES string of the molecule is Nc1ccsc1C(=O)N1CCC[C@H](CCc2ccccc2F)C1. The van der Waals surface area contributed by atoms with Gasteiger partial charge in [0.15, 0.2) is 0 Å². The molecule has 1 aliphatic rings. The Labute approximate surface area is 139 Å². The number of nitrogens with two attached hydrogens (primary N) is 1. The van der Waals surface area contributed by atoms with Crippen LogP contribution in [0.1, 0.15) is 34.5 Å². The van der Waals surface area contributed by atoms with Gasteiger partial charge in [0.1, 0.15) is 10.7 Å². The number of carbonyl (C=O) groups excluding carboxylic acids is 1. The Balaban J connectivity index is 1.59. The summed E-state index contributed by atoms with van der Waals surface area (Å²) in [7, 11) is 0. The van der Waals surface area contributed by atoms with E-state index in [9.17, 15) is 9.18 Å². The number of benzene rings is 1. The predicted molar refractivity (Wildman–Crippen MR) is 92.1 cm³/mol. The lowest BCUT2D eigenvalue weighted by atomic mass is 9.91. The Kier molecular flexibility index (Phi) is 4.96. The van der Waals surface area contributed by atoms with E-state index in [1.807, 2.05) is 22.4 Å². The number of nitrogen functional groups attached to an aromatic ring is 1. The summed E-state index contributed by atoms with van der Waals surface area (Å²) in [4.78, 5) is 15.1. The van der Waals surface area contributed by atoms with Gasteiger partial charge < -0.3 is 10.6 Å². The molecule has 0 radical (unpaired) electrons. The van der Waals surface area contributed by atoms with Gasteiger partial charge >= 0.3 is 0 Å². The van der Waals surface area contributed by atoms with Gasteiger partial charge in [0.2, 0.25) is 0 Å². The van der Waals surface area contributed by atoms with E-state index in [4.69, 9.17) is 5.73 Å². The molecule has 2 N–H and O–H groups in total. The zero-order chi connectivity index (χ0) is 16.2. The van der Waals surface area contributed by atoms with Gasteiger partial charge in [-0.1, -0.05) is 18.2 Å². The molecule has 0 aliphatic carbocycles. The fourth-order valence-corrected chi connectivity index (χ4v) is 3.97. The van der Waals surface area contributed by atoms with Gasteiger partial charge in [-0.2, -0.15) is 0 Å². The lowest BCUT2D eigenvalue weighted by Crippen LogP contribution is -2.40. The van der Waals surface area contributed by atoms with Gasteiger partial charge in [-0.15, -0.1) is 11.3 Å². The number of rotatable bonds is 4. The van der Waals surface area contributed by atoms with E-state index < -0.39 is 0 Å². The minimum atomic E-state index is -0.136. The summed E-state index contributed by atoms with van der Waals surface area (Å²) < 4.78 is 13.7. The number of hydrogen-bond donors (Lipinski definition) is 1. The van der Waals surface area contributed by atoms with Crippen molar-refractivity contribution in [3.63, 3.8) is 0 Å². The molecule has 0 spiro atoms. The van der Waals surface area contributed by atoms with Crippen molar-refractivity contribution in [2.45, 2.75) is 25.7 Å². The number of thiophene rings is 1. The van der Waals surface area contributed by atoms with E-state index >= 15 is 0 Å². The summed E-state index contributed by atoms with van der Waals surface area (Å²) in [5.41, 5.74) is 7.18. The molecule has 2 aromatic rings. The average molecular weight is 332 g/mol. The minimum Gasteiger partial charge on any atom is -0.397 e. The smallest absolute Gasteiger partial charge is 0.266 e. The van der Waals surface area contributed by atoms with Crippen LogP contribution in [0.4, 0.5) is 10.1 Å². The van der Waals surface area contributed by atoms with Crippen LogP contribution in [-0.2, 0) is 6.42 Å².